The number of aryl methyl sites for hydroxylation is 1. The molecule has 0 radical (unpaired) electrons. The van der Waals surface area contributed by atoms with Crippen LogP contribution in [0.15, 0.2) is 66.7 Å². The second kappa shape index (κ2) is 6.73. The molecule has 0 aliphatic heterocycles. The lowest BCUT2D eigenvalue weighted by atomic mass is 9.91. The van der Waals surface area contributed by atoms with Crippen molar-refractivity contribution in [3.63, 3.8) is 0 Å². The molecule has 128 valence electrons. The molecular weight excluding hydrogens is 339 g/mol. The predicted octanol–water partition coefficient (Wildman–Crippen LogP) is 4.51. The molecule has 3 N–H and O–H groups in total. The number of phosphoric ester groups is 1. The summed E-state index contributed by atoms with van der Waals surface area (Å²) in [6, 6.07) is 20.4. The summed E-state index contributed by atoms with van der Waals surface area (Å²) in [5.74, 6) is -0.514. The lowest BCUT2D eigenvalue weighted by Crippen LogP contribution is -1.96. The summed E-state index contributed by atoms with van der Waals surface area (Å²) in [5, 5.41) is 10.8. The van der Waals surface area contributed by atoms with Gasteiger partial charge in [0.25, 0.3) is 0 Å². The minimum Gasteiger partial charge on any atom is -0.504 e. The Morgan fingerprint density at radius 2 is 1.40 bits per heavy atom. The molecule has 0 amide bonds. The summed E-state index contributed by atoms with van der Waals surface area (Å²) < 4.78 is 16.0. The lowest BCUT2D eigenvalue weighted by Gasteiger charge is -2.18. The van der Waals surface area contributed by atoms with Crippen LogP contribution in [0, 0.1) is 6.92 Å². The first kappa shape index (κ1) is 17.2. The fourth-order valence-corrected chi connectivity index (χ4v) is 3.23. The Labute approximate surface area is 145 Å². The smallest absolute Gasteiger partial charge is 0.504 e. The van der Waals surface area contributed by atoms with E-state index in [1.54, 1.807) is 13.0 Å². The minimum atomic E-state index is -4.80. The summed E-state index contributed by atoms with van der Waals surface area (Å²) in [4.78, 5) is 18.3. The molecule has 3 aromatic rings. The lowest BCUT2D eigenvalue weighted by molar-refractivity contribution is 0.277. The normalized spacial score (nSPS) is 11.3. The van der Waals surface area contributed by atoms with Crippen molar-refractivity contribution in [3.8, 4) is 33.8 Å². The topological polar surface area (TPSA) is 87.0 Å². The molecular formula is C19H17O5P. The van der Waals surface area contributed by atoms with Gasteiger partial charge in [0.15, 0.2) is 11.5 Å². The first-order valence-corrected chi connectivity index (χ1v) is 9.12. The van der Waals surface area contributed by atoms with Crippen molar-refractivity contribution in [2.75, 3.05) is 0 Å². The van der Waals surface area contributed by atoms with E-state index in [-0.39, 0.29) is 11.5 Å². The maximum atomic E-state index is 11.3. The summed E-state index contributed by atoms with van der Waals surface area (Å²) in [7, 11) is -4.80. The highest BCUT2D eigenvalue weighted by Gasteiger charge is 2.25. The number of hydrogen-bond donors (Lipinski definition) is 3. The highest BCUT2D eigenvalue weighted by molar-refractivity contribution is 7.46. The Balaban J connectivity index is 2.31. The van der Waals surface area contributed by atoms with Crippen molar-refractivity contribution in [3.05, 3.63) is 72.3 Å². The quantitative estimate of drug-likeness (QED) is 0.599. The van der Waals surface area contributed by atoms with Crippen LogP contribution in [0.1, 0.15) is 5.56 Å². The number of rotatable bonds is 4. The molecule has 0 aromatic heterocycles. The van der Waals surface area contributed by atoms with E-state index in [1.165, 1.54) is 0 Å². The van der Waals surface area contributed by atoms with Gasteiger partial charge in [-0.2, -0.15) is 0 Å². The highest BCUT2D eigenvalue weighted by Crippen LogP contribution is 2.50. The average molecular weight is 356 g/mol. The molecule has 0 saturated heterocycles. The number of phosphoric acid groups is 1. The van der Waals surface area contributed by atoms with E-state index in [9.17, 15) is 9.67 Å². The van der Waals surface area contributed by atoms with Crippen molar-refractivity contribution in [1.29, 1.82) is 0 Å². The number of phenolic OH excluding ortho intramolecular Hbond substituents is 1. The zero-order valence-corrected chi connectivity index (χ0v) is 14.4. The molecule has 0 bridgehead atoms. The molecule has 0 atom stereocenters. The summed E-state index contributed by atoms with van der Waals surface area (Å²) in [6.07, 6.45) is 0. The predicted molar refractivity (Wildman–Crippen MR) is 96.4 cm³/mol. The molecule has 0 heterocycles. The van der Waals surface area contributed by atoms with Crippen LogP contribution in [0.5, 0.6) is 11.5 Å². The largest absolute Gasteiger partial charge is 0.524 e. The molecule has 25 heavy (non-hydrogen) atoms. The Kier molecular flexibility index (Phi) is 4.64. The maximum Gasteiger partial charge on any atom is 0.524 e. The van der Waals surface area contributed by atoms with Gasteiger partial charge in [0.1, 0.15) is 0 Å². The summed E-state index contributed by atoms with van der Waals surface area (Å²) >= 11 is 0. The molecule has 6 heteroatoms. The van der Waals surface area contributed by atoms with Gasteiger partial charge in [0.05, 0.1) is 0 Å². The second-order valence-corrected chi connectivity index (χ2v) is 6.77. The molecule has 5 nitrogen and oxygen atoms in total. The van der Waals surface area contributed by atoms with Crippen LogP contribution in [-0.2, 0) is 4.57 Å². The molecule has 0 aliphatic carbocycles. The van der Waals surface area contributed by atoms with Gasteiger partial charge in [-0.05, 0) is 35.2 Å². The van der Waals surface area contributed by atoms with Crippen molar-refractivity contribution >= 4 is 7.82 Å². The molecule has 0 unspecified atom stereocenters. The molecule has 0 fully saturated rings. The molecule has 0 aliphatic rings. The van der Waals surface area contributed by atoms with Crippen LogP contribution >= 0.6 is 7.82 Å². The Morgan fingerprint density at radius 1 is 0.880 bits per heavy atom. The third-order valence-electron chi connectivity index (χ3n) is 3.80. The van der Waals surface area contributed by atoms with Gasteiger partial charge < -0.3 is 9.63 Å². The van der Waals surface area contributed by atoms with E-state index >= 15 is 0 Å². The number of benzene rings is 3. The first-order valence-electron chi connectivity index (χ1n) is 7.59. The van der Waals surface area contributed by atoms with Crippen molar-refractivity contribution in [2.45, 2.75) is 6.92 Å². The molecule has 3 rings (SSSR count). The van der Waals surface area contributed by atoms with Crippen LogP contribution in [0.2, 0.25) is 0 Å². The highest BCUT2D eigenvalue weighted by atomic mass is 31.2. The van der Waals surface area contributed by atoms with Crippen molar-refractivity contribution < 1.29 is 24.0 Å². The monoisotopic (exact) mass is 356 g/mol. The third kappa shape index (κ3) is 3.74. The zero-order valence-electron chi connectivity index (χ0n) is 13.5. The molecule has 0 saturated carbocycles. The molecule has 3 aromatic carbocycles. The standard InChI is InChI=1S/C19H17O5P/c1-13-12-16(14-8-4-2-5-9-14)17(15-10-6-3-7-11-15)18(20)19(13)24-25(21,22)23/h2-12,20H,1H3,(H2,21,22,23). The third-order valence-corrected chi connectivity index (χ3v) is 4.22. The number of phenols is 1. The fraction of sp³-hybridized carbons (Fsp3) is 0.0526. The van der Waals surface area contributed by atoms with E-state index < -0.39 is 7.82 Å². The maximum absolute atomic E-state index is 11.3. The SMILES string of the molecule is Cc1cc(-c2ccccc2)c(-c2ccccc2)c(O)c1OP(=O)(O)O. The Bertz CT molecular complexity index is 933. The zero-order chi connectivity index (χ0) is 18.0. The van der Waals surface area contributed by atoms with Gasteiger partial charge in [-0.1, -0.05) is 60.7 Å². The minimum absolute atomic E-state index is 0.216. The van der Waals surface area contributed by atoms with Crippen LogP contribution in [0.4, 0.5) is 0 Å². The molecule has 0 spiro atoms. The summed E-state index contributed by atoms with van der Waals surface area (Å²) in [5.41, 5.74) is 3.23. The van der Waals surface area contributed by atoms with Crippen molar-refractivity contribution in [2.24, 2.45) is 0 Å². The van der Waals surface area contributed by atoms with Gasteiger partial charge in [-0.25, -0.2) is 4.57 Å². The number of aromatic hydroxyl groups is 1. The van der Waals surface area contributed by atoms with E-state index in [4.69, 9.17) is 14.3 Å². The average Bonchev–Trinajstić information content (AvgIpc) is 2.59. The fourth-order valence-electron chi connectivity index (χ4n) is 2.76. The van der Waals surface area contributed by atoms with Crippen LogP contribution in [0.25, 0.3) is 22.3 Å². The Hall–Kier alpha value is -2.59. The second-order valence-electron chi connectivity index (χ2n) is 5.61. The van der Waals surface area contributed by atoms with Crippen LogP contribution in [0.3, 0.4) is 0 Å². The van der Waals surface area contributed by atoms with Gasteiger partial charge in [0.2, 0.25) is 0 Å². The van der Waals surface area contributed by atoms with Crippen LogP contribution in [-0.4, -0.2) is 14.9 Å². The van der Waals surface area contributed by atoms with E-state index in [0.29, 0.717) is 11.1 Å². The van der Waals surface area contributed by atoms with E-state index in [0.717, 1.165) is 16.7 Å². The van der Waals surface area contributed by atoms with Gasteiger partial charge in [-0.3, -0.25) is 9.79 Å². The van der Waals surface area contributed by atoms with Gasteiger partial charge >= 0.3 is 7.82 Å². The summed E-state index contributed by atoms with van der Waals surface area (Å²) in [6.45, 7) is 1.63. The van der Waals surface area contributed by atoms with Gasteiger partial charge in [-0.15, -0.1) is 0 Å². The van der Waals surface area contributed by atoms with Crippen LogP contribution < -0.4 is 4.52 Å². The van der Waals surface area contributed by atoms with E-state index in [2.05, 4.69) is 0 Å². The van der Waals surface area contributed by atoms with Gasteiger partial charge in [0, 0.05) is 5.56 Å². The van der Waals surface area contributed by atoms with E-state index in [1.807, 2.05) is 60.7 Å². The first-order chi connectivity index (χ1) is 11.9. The number of hydrogen-bond acceptors (Lipinski definition) is 3. The van der Waals surface area contributed by atoms with Crippen molar-refractivity contribution in [1.82, 2.24) is 0 Å². The Morgan fingerprint density at radius 3 is 1.92 bits per heavy atom.